The average molecular weight is 224 g/mol. The molecule has 0 spiro atoms. The molecular formula is C13H24N2O. The van der Waals surface area contributed by atoms with Gasteiger partial charge in [0.05, 0.1) is 5.41 Å². The van der Waals surface area contributed by atoms with Crippen LogP contribution in [0.5, 0.6) is 0 Å². The molecule has 1 atom stereocenters. The monoisotopic (exact) mass is 224 g/mol. The SMILES string of the molecule is CC1(NC(=O)C2(C)CCNC2)CCCCC1. The van der Waals surface area contributed by atoms with Crippen LogP contribution in [0.15, 0.2) is 0 Å². The highest BCUT2D eigenvalue weighted by molar-refractivity contribution is 5.83. The lowest BCUT2D eigenvalue weighted by atomic mass is 9.81. The molecule has 1 saturated carbocycles. The van der Waals surface area contributed by atoms with Crippen LogP contribution in [-0.4, -0.2) is 24.5 Å². The molecule has 2 aliphatic rings. The van der Waals surface area contributed by atoms with Gasteiger partial charge in [0, 0.05) is 12.1 Å². The lowest BCUT2D eigenvalue weighted by Crippen LogP contribution is -2.52. The minimum absolute atomic E-state index is 0.0565. The Morgan fingerprint density at radius 3 is 2.38 bits per heavy atom. The Morgan fingerprint density at radius 1 is 1.12 bits per heavy atom. The molecule has 0 aromatic carbocycles. The summed E-state index contributed by atoms with van der Waals surface area (Å²) >= 11 is 0. The molecule has 92 valence electrons. The van der Waals surface area contributed by atoms with Gasteiger partial charge < -0.3 is 10.6 Å². The zero-order chi connectivity index (χ0) is 11.6. The molecular weight excluding hydrogens is 200 g/mol. The van der Waals surface area contributed by atoms with E-state index in [0.29, 0.717) is 0 Å². The first-order chi connectivity index (χ1) is 7.54. The van der Waals surface area contributed by atoms with Gasteiger partial charge in [0.25, 0.3) is 0 Å². The van der Waals surface area contributed by atoms with Gasteiger partial charge in [-0.2, -0.15) is 0 Å². The first-order valence-corrected chi connectivity index (χ1v) is 6.58. The van der Waals surface area contributed by atoms with Crippen molar-refractivity contribution in [2.24, 2.45) is 5.41 Å². The molecule has 2 rings (SSSR count). The van der Waals surface area contributed by atoms with Crippen LogP contribution in [0, 0.1) is 5.41 Å². The number of nitrogens with one attached hydrogen (secondary N) is 2. The Kier molecular flexibility index (Phi) is 3.24. The van der Waals surface area contributed by atoms with Crippen LogP contribution in [0.2, 0.25) is 0 Å². The Morgan fingerprint density at radius 2 is 1.81 bits per heavy atom. The van der Waals surface area contributed by atoms with Gasteiger partial charge in [0.15, 0.2) is 0 Å². The zero-order valence-corrected chi connectivity index (χ0v) is 10.6. The largest absolute Gasteiger partial charge is 0.350 e. The lowest BCUT2D eigenvalue weighted by molar-refractivity contribution is -0.131. The third-order valence-corrected chi connectivity index (χ3v) is 4.29. The maximum Gasteiger partial charge on any atom is 0.227 e. The number of carbonyl (C=O) groups is 1. The van der Waals surface area contributed by atoms with Crippen molar-refractivity contribution in [1.82, 2.24) is 10.6 Å². The Labute approximate surface area is 98.4 Å². The zero-order valence-electron chi connectivity index (χ0n) is 10.6. The molecule has 1 amide bonds. The smallest absolute Gasteiger partial charge is 0.227 e. The second-order valence-electron chi connectivity index (χ2n) is 6.06. The quantitative estimate of drug-likeness (QED) is 0.751. The average Bonchev–Trinajstić information content (AvgIpc) is 2.67. The van der Waals surface area contributed by atoms with E-state index in [9.17, 15) is 4.79 Å². The van der Waals surface area contributed by atoms with Crippen molar-refractivity contribution in [2.75, 3.05) is 13.1 Å². The van der Waals surface area contributed by atoms with Crippen LogP contribution >= 0.6 is 0 Å². The fourth-order valence-electron chi connectivity index (χ4n) is 2.89. The normalized spacial score (nSPS) is 33.6. The minimum atomic E-state index is -0.180. The third kappa shape index (κ3) is 2.40. The summed E-state index contributed by atoms with van der Waals surface area (Å²) in [7, 11) is 0. The molecule has 1 saturated heterocycles. The molecule has 3 nitrogen and oxygen atoms in total. The predicted molar refractivity (Wildman–Crippen MR) is 65.2 cm³/mol. The number of rotatable bonds is 2. The second kappa shape index (κ2) is 4.36. The van der Waals surface area contributed by atoms with E-state index in [-0.39, 0.29) is 16.9 Å². The van der Waals surface area contributed by atoms with Gasteiger partial charge in [-0.3, -0.25) is 4.79 Å². The summed E-state index contributed by atoms with van der Waals surface area (Å²) in [5, 5.41) is 6.58. The topological polar surface area (TPSA) is 41.1 Å². The molecule has 0 radical (unpaired) electrons. The maximum atomic E-state index is 12.3. The minimum Gasteiger partial charge on any atom is -0.350 e. The first-order valence-electron chi connectivity index (χ1n) is 6.58. The summed E-state index contributed by atoms with van der Waals surface area (Å²) in [5.41, 5.74) is -0.124. The van der Waals surface area contributed by atoms with Crippen molar-refractivity contribution in [3.8, 4) is 0 Å². The van der Waals surface area contributed by atoms with Crippen LogP contribution in [0.4, 0.5) is 0 Å². The molecule has 1 unspecified atom stereocenters. The summed E-state index contributed by atoms with van der Waals surface area (Å²) in [6.45, 7) is 6.08. The van der Waals surface area contributed by atoms with Gasteiger partial charge in [0.1, 0.15) is 0 Å². The molecule has 0 bridgehead atoms. The Balaban J connectivity index is 1.95. The fraction of sp³-hybridized carbons (Fsp3) is 0.923. The van der Waals surface area contributed by atoms with Crippen molar-refractivity contribution in [3.63, 3.8) is 0 Å². The first kappa shape index (κ1) is 11.9. The highest BCUT2D eigenvalue weighted by Crippen LogP contribution is 2.31. The number of hydrogen-bond acceptors (Lipinski definition) is 2. The molecule has 0 aromatic rings. The van der Waals surface area contributed by atoms with Crippen molar-refractivity contribution in [3.05, 3.63) is 0 Å². The van der Waals surface area contributed by atoms with Gasteiger partial charge in [0.2, 0.25) is 5.91 Å². The van der Waals surface area contributed by atoms with Crippen molar-refractivity contribution in [1.29, 1.82) is 0 Å². The maximum absolute atomic E-state index is 12.3. The summed E-state index contributed by atoms with van der Waals surface area (Å²) in [5.74, 6) is 0.252. The highest BCUT2D eigenvalue weighted by Gasteiger charge is 2.39. The third-order valence-electron chi connectivity index (χ3n) is 4.29. The van der Waals surface area contributed by atoms with Crippen LogP contribution < -0.4 is 10.6 Å². The van der Waals surface area contributed by atoms with Crippen molar-refractivity contribution in [2.45, 2.75) is 57.9 Å². The van der Waals surface area contributed by atoms with Gasteiger partial charge in [-0.1, -0.05) is 19.3 Å². The van der Waals surface area contributed by atoms with Gasteiger partial charge in [-0.25, -0.2) is 0 Å². The fourth-order valence-corrected chi connectivity index (χ4v) is 2.89. The predicted octanol–water partition coefficient (Wildman–Crippen LogP) is 1.82. The van der Waals surface area contributed by atoms with E-state index in [1.807, 2.05) is 0 Å². The number of carbonyl (C=O) groups excluding carboxylic acids is 1. The van der Waals surface area contributed by atoms with Gasteiger partial charge in [-0.15, -0.1) is 0 Å². The van der Waals surface area contributed by atoms with E-state index in [0.717, 1.165) is 32.4 Å². The van der Waals surface area contributed by atoms with E-state index >= 15 is 0 Å². The summed E-state index contributed by atoms with van der Waals surface area (Å²) in [6, 6.07) is 0. The van der Waals surface area contributed by atoms with Gasteiger partial charge in [-0.05, 0) is 39.7 Å². The molecule has 1 heterocycles. The van der Waals surface area contributed by atoms with Crippen LogP contribution in [0.3, 0.4) is 0 Å². The highest BCUT2D eigenvalue weighted by atomic mass is 16.2. The standard InChI is InChI=1S/C13H24N2O/c1-12(8-9-14-10-12)11(16)15-13(2)6-4-3-5-7-13/h14H,3-10H2,1-2H3,(H,15,16). The van der Waals surface area contributed by atoms with E-state index < -0.39 is 0 Å². The van der Waals surface area contributed by atoms with Crippen molar-refractivity contribution < 1.29 is 4.79 Å². The Bertz CT molecular complexity index is 263. The van der Waals surface area contributed by atoms with Gasteiger partial charge >= 0.3 is 0 Å². The van der Waals surface area contributed by atoms with E-state index in [2.05, 4.69) is 24.5 Å². The Hall–Kier alpha value is -0.570. The van der Waals surface area contributed by atoms with Crippen molar-refractivity contribution >= 4 is 5.91 Å². The molecule has 3 heteroatoms. The summed E-state index contributed by atoms with van der Waals surface area (Å²) < 4.78 is 0. The summed E-state index contributed by atoms with van der Waals surface area (Å²) in [4.78, 5) is 12.3. The molecule has 2 N–H and O–H groups in total. The van der Waals surface area contributed by atoms with E-state index in [4.69, 9.17) is 0 Å². The second-order valence-corrected chi connectivity index (χ2v) is 6.06. The number of amides is 1. The molecule has 0 aromatic heterocycles. The van der Waals surface area contributed by atoms with Crippen LogP contribution in [0.1, 0.15) is 52.4 Å². The van der Waals surface area contributed by atoms with Crippen LogP contribution in [0.25, 0.3) is 0 Å². The number of hydrogen-bond donors (Lipinski definition) is 2. The molecule has 1 aliphatic heterocycles. The molecule has 16 heavy (non-hydrogen) atoms. The van der Waals surface area contributed by atoms with E-state index in [1.165, 1.54) is 19.3 Å². The van der Waals surface area contributed by atoms with E-state index in [1.54, 1.807) is 0 Å². The lowest BCUT2D eigenvalue weighted by Gasteiger charge is -2.37. The summed E-state index contributed by atoms with van der Waals surface area (Å²) in [6.07, 6.45) is 7.08. The van der Waals surface area contributed by atoms with Crippen LogP contribution in [-0.2, 0) is 4.79 Å². The molecule has 2 fully saturated rings. The molecule has 1 aliphatic carbocycles.